The zero-order chi connectivity index (χ0) is 20.5. The molecule has 0 aliphatic carbocycles. The molecule has 0 saturated heterocycles. The zero-order valence-electron chi connectivity index (χ0n) is 18.1. The molecule has 0 aromatic heterocycles. The summed E-state index contributed by atoms with van der Waals surface area (Å²) in [5.74, 6) is -0.130. The molecule has 0 amide bonds. The van der Waals surface area contributed by atoms with Gasteiger partial charge in [-0.3, -0.25) is 4.79 Å². The lowest BCUT2D eigenvalue weighted by molar-refractivity contribution is -0.145. The van der Waals surface area contributed by atoms with Gasteiger partial charge in [-0.15, -0.1) is 0 Å². The molecule has 0 aliphatic rings. The van der Waals surface area contributed by atoms with Crippen LogP contribution >= 0.6 is 0 Å². The molecule has 168 valence electrons. The third-order valence-electron chi connectivity index (χ3n) is 3.92. The van der Waals surface area contributed by atoms with Gasteiger partial charge in [-0.2, -0.15) is 0 Å². The van der Waals surface area contributed by atoms with Crippen molar-refractivity contribution in [3.63, 3.8) is 0 Å². The van der Waals surface area contributed by atoms with E-state index in [1.165, 1.54) is 25.7 Å². The Morgan fingerprint density at radius 2 is 0.964 bits per heavy atom. The van der Waals surface area contributed by atoms with Crippen LogP contribution in [0.15, 0.2) is 0 Å². The Balaban J connectivity index is 3.10. The Hall–Kier alpha value is -0.730. The predicted octanol–water partition coefficient (Wildman–Crippen LogP) is 3.38. The largest absolute Gasteiger partial charge is 0.463 e. The van der Waals surface area contributed by atoms with Crippen LogP contribution < -0.4 is 0 Å². The molecular formula is C21H42O7. The summed E-state index contributed by atoms with van der Waals surface area (Å²) in [5, 5.41) is 0. The van der Waals surface area contributed by atoms with Crippen LogP contribution in [0.25, 0.3) is 0 Å². The Morgan fingerprint density at radius 1 is 0.536 bits per heavy atom. The summed E-state index contributed by atoms with van der Waals surface area (Å²) in [6.07, 6.45) is 7.52. The van der Waals surface area contributed by atoms with Crippen molar-refractivity contribution in [2.24, 2.45) is 0 Å². The van der Waals surface area contributed by atoms with Gasteiger partial charge in [0.15, 0.2) is 0 Å². The van der Waals surface area contributed by atoms with Gasteiger partial charge in [0.25, 0.3) is 0 Å². The van der Waals surface area contributed by atoms with Crippen molar-refractivity contribution in [3.8, 4) is 0 Å². The fraction of sp³-hybridized carbons (Fsp3) is 0.952. The lowest BCUT2D eigenvalue weighted by atomic mass is 10.1. The molecule has 0 rings (SSSR count). The SMILES string of the molecule is CCCCCCCCC(=O)OCCOCCOCCOCCOCCOCC. The van der Waals surface area contributed by atoms with E-state index in [1.807, 2.05) is 6.92 Å². The number of esters is 1. The maximum absolute atomic E-state index is 11.5. The summed E-state index contributed by atoms with van der Waals surface area (Å²) in [7, 11) is 0. The van der Waals surface area contributed by atoms with Crippen LogP contribution in [-0.2, 0) is 33.2 Å². The minimum atomic E-state index is -0.130. The van der Waals surface area contributed by atoms with E-state index in [0.717, 1.165) is 12.8 Å². The second-order valence-electron chi connectivity index (χ2n) is 6.38. The highest BCUT2D eigenvalue weighted by Gasteiger charge is 2.02. The molecule has 0 aliphatic heterocycles. The molecule has 0 aromatic carbocycles. The molecule has 0 spiro atoms. The van der Waals surface area contributed by atoms with Crippen LogP contribution in [0.2, 0.25) is 0 Å². The van der Waals surface area contributed by atoms with Crippen LogP contribution in [-0.4, -0.2) is 78.6 Å². The maximum Gasteiger partial charge on any atom is 0.305 e. The quantitative estimate of drug-likeness (QED) is 0.190. The second-order valence-corrected chi connectivity index (χ2v) is 6.38. The number of carbonyl (C=O) groups is 1. The lowest BCUT2D eigenvalue weighted by Gasteiger charge is -2.08. The van der Waals surface area contributed by atoms with Crippen molar-refractivity contribution in [2.45, 2.75) is 58.8 Å². The van der Waals surface area contributed by atoms with Crippen molar-refractivity contribution in [1.29, 1.82) is 0 Å². The average molecular weight is 407 g/mol. The van der Waals surface area contributed by atoms with Crippen molar-refractivity contribution >= 4 is 5.97 Å². The molecule has 0 atom stereocenters. The molecule has 0 unspecified atom stereocenters. The third kappa shape index (κ3) is 23.3. The monoisotopic (exact) mass is 406 g/mol. The van der Waals surface area contributed by atoms with E-state index in [9.17, 15) is 4.79 Å². The fourth-order valence-corrected chi connectivity index (χ4v) is 2.36. The fourth-order valence-electron chi connectivity index (χ4n) is 2.36. The standard InChI is InChI=1S/C21H42O7/c1-3-5-6-7-8-9-10-21(22)28-20-19-27-18-17-26-16-15-25-14-13-24-12-11-23-4-2/h3-20H2,1-2H3. The molecule has 28 heavy (non-hydrogen) atoms. The third-order valence-corrected chi connectivity index (χ3v) is 3.92. The topological polar surface area (TPSA) is 72.5 Å². The van der Waals surface area contributed by atoms with Crippen LogP contribution in [0, 0.1) is 0 Å². The number of carbonyl (C=O) groups excluding carboxylic acids is 1. The van der Waals surface area contributed by atoms with Gasteiger partial charge in [-0.05, 0) is 13.3 Å². The first-order valence-electron chi connectivity index (χ1n) is 10.9. The summed E-state index contributed by atoms with van der Waals surface area (Å²) in [6, 6.07) is 0. The first-order valence-corrected chi connectivity index (χ1v) is 10.9. The normalized spacial score (nSPS) is 11.1. The smallest absolute Gasteiger partial charge is 0.305 e. The van der Waals surface area contributed by atoms with E-state index in [1.54, 1.807) is 0 Å². The van der Waals surface area contributed by atoms with Gasteiger partial charge in [0.2, 0.25) is 0 Å². The molecule has 0 radical (unpaired) electrons. The van der Waals surface area contributed by atoms with E-state index in [4.69, 9.17) is 28.4 Å². The van der Waals surface area contributed by atoms with E-state index < -0.39 is 0 Å². The van der Waals surface area contributed by atoms with E-state index in [-0.39, 0.29) is 5.97 Å². The molecule has 7 heteroatoms. The van der Waals surface area contributed by atoms with Crippen LogP contribution in [0.4, 0.5) is 0 Å². The predicted molar refractivity (Wildman–Crippen MR) is 109 cm³/mol. The summed E-state index contributed by atoms with van der Waals surface area (Å²) in [4.78, 5) is 11.5. The van der Waals surface area contributed by atoms with Crippen molar-refractivity contribution in [3.05, 3.63) is 0 Å². The van der Waals surface area contributed by atoms with Crippen LogP contribution in [0.5, 0.6) is 0 Å². The summed E-state index contributed by atoms with van der Waals surface area (Å²) >= 11 is 0. The summed E-state index contributed by atoms with van der Waals surface area (Å²) < 4.78 is 31.8. The van der Waals surface area contributed by atoms with Crippen molar-refractivity contribution in [1.82, 2.24) is 0 Å². The Kier molecular flexibility index (Phi) is 23.7. The van der Waals surface area contributed by atoms with Gasteiger partial charge < -0.3 is 28.4 Å². The Labute approximate surface area is 171 Å². The van der Waals surface area contributed by atoms with E-state index >= 15 is 0 Å². The Morgan fingerprint density at radius 3 is 1.46 bits per heavy atom. The van der Waals surface area contributed by atoms with E-state index in [0.29, 0.717) is 79.1 Å². The molecule has 0 saturated carbocycles. The molecule has 0 fully saturated rings. The highest BCUT2D eigenvalue weighted by Crippen LogP contribution is 2.07. The van der Waals surface area contributed by atoms with Gasteiger partial charge in [-0.25, -0.2) is 0 Å². The average Bonchev–Trinajstić information content (AvgIpc) is 2.70. The number of ether oxygens (including phenoxy) is 6. The minimum Gasteiger partial charge on any atom is -0.463 e. The molecule has 7 nitrogen and oxygen atoms in total. The van der Waals surface area contributed by atoms with Gasteiger partial charge in [-0.1, -0.05) is 39.0 Å². The summed E-state index contributed by atoms with van der Waals surface area (Å²) in [5.41, 5.74) is 0. The minimum absolute atomic E-state index is 0.130. The maximum atomic E-state index is 11.5. The Bertz CT molecular complexity index is 313. The van der Waals surface area contributed by atoms with Crippen molar-refractivity contribution < 1.29 is 33.2 Å². The number of unbranched alkanes of at least 4 members (excludes halogenated alkanes) is 5. The molecule has 0 N–H and O–H groups in total. The first-order chi connectivity index (χ1) is 13.8. The molecule has 0 heterocycles. The van der Waals surface area contributed by atoms with Gasteiger partial charge >= 0.3 is 5.97 Å². The van der Waals surface area contributed by atoms with Crippen LogP contribution in [0.1, 0.15) is 58.8 Å². The highest BCUT2D eigenvalue weighted by atomic mass is 16.6. The number of hydrogen-bond donors (Lipinski definition) is 0. The molecule has 0 bridgehead atoms. The zero-order valence-corrected chi connectivity index (χ0v) is 18.1. The van der Waals surface area contributed by atoms with Crippen LogP contribution in [0.3, 0.4) is 0 Å². The first kappa shape index (κ1) is 27.3. The number of hydrogen-bond acceptors (Lipinski definition) is 7. The summed E-state index contributed by atoms with van der Waals surface area (Å²) in [6.45, 7) is 9.95. The second kappa shape index (κ2) is 24.3. The van der Waals surface area contributed by atoms with E-state index in [2.05, 4.69) is 6.92 Å². The van der Waals surface area contributed by atoms with Gasteiger partial charge in [0, 0.05) is 13.0 Å². The van der Waals surface area contributed by atoms with Gasteiger partial charge in [0.05, 0.1) is 59.5 Å². The lowest BCUT2D eigenvalue weighted by Crippen LogP contribution is -2.15. The van der Waals surface area contributed by atoms with Crippen molar-refractivity contribution in [2.75, 3.05) is 72.7 Å². The molecule has 0 aromatic rings. The van der Waals surface area contributed by atoms with Gasteiger partial charge in [0.1, 0.15) is 6.61 Å². The molecular weight excluding hydrogens is 364 g/mol. The number of rotatable bonds is 23. The highest BCUT2D eigenvalue weighted by molar-refractivity contribution is 5.69.